The van der Waals surface area contributed by atoms with E-state index in [9.17, 15) is 5.11 Å². The third-order valence-corrected chi connectivity index (χ3v) is 5.85. The van der Waals surface area contributed by atoms with E-state index in [1.165, 1.54) is 6.07 Å². The first-order valence-corrected chi connectivity index (χ1v) is 10.4. The van der Waals surface area contributed by atoms with Crippen molar-refractivity contribution in [2.45, 2.75) is 45.2 Å². The fraction of sp³-hybridized carbons (Fsp3) is 0.435. The van der Waals surface area contributed by atoms with E-state index >= 15 is 4.39 Å². The largest absolute Gasteiger partial charge is 0.378 e. The molecule has 0 aliphatic carbocycles. The van der Waals surface area contributed by atoms with Crippen LogP contribution >= 0.6 is 11.6 Å². The number of aromatic nitrogens is 3. The molecule has 1 aliphatic rings. The lowest BCUT2D eigenvalue weighted by atomic mass is 10.0. The molecule has 2 atom stereocenters. The summed E-state index contributed by atoms with van der Waals surface area (Å²) in [4.78, 5) is 2.37. The number of piperidine rings is 1. The topological polar surface area (TPSA) is 57.1 Å². The van der Waals surface area contributed by atoms with Crippen LogP contribution < -0.4 is 0 Å². The van der Waals surface area contributed by atoms with E-state index in [1.807, 2.05) is 6.20 Å². The molecule has 3 heterocycles. The molecule has 0 amide bonds. The Bertz CT molecular complexity index is 1240. The van der Waals surface area contributed by atoms with Gasteiger partial charge in [0.1, 0.15) is 16.6 Å². The third-order valence-electron chi connectivity index (χ3n) is 5.57. The first-order valence-electron chi connectivity index (χ1n) is 11.5. The Morgan fingerprint density at radius 1 is 1.47 bits per heavy atom. The van der Waals surface area contributed by atoms with Crippen LogP contribution in [-0.2, 0) is 0 Å². The molecule has 30 heavy (non-hydrogen) atoms. The van der Waals surface area contributed by atoms with Crippen molar-refractivity contribution < 1.29 is 13.6 Å². The molecule has 1 aromatic carbocycles. The lowest BCUT2D eigenvalue weighted by Crippen LogP contribution is -2.36. The highest BCUT2D eigenvalue weighted by molar-refractivity contribution is 6.32. The van der Waals surface area contributed by atoms with Gasteiger partial charge in [-0.05, 0) is 51.8 Å². The minimum atomic E-state index is -2.72. The van der Waals surface area contributed by atoms with Gasteiger partial charge < -0.3 is 14.6 Å². The predicted octanol–water partition coefficient (Wildman–Crippen LogP) is 4.60. The van der Waals surface area contributed by atoms with Crippen LogP contribution in [0.1, 0.15) is 49.3 Å². The van der Waals surface area contributed by atoms with Crippen LogP contribution in [0.5, 0.6) is 0 Å². The van der Waals surface area contributed by atoms with Crippen molar-refractivity contribution in [2.75, 3.05) is 19.6 Å². The van der Waals surface area contributed by atoms with Crippen LogP contribution in [0.2, 0.25) is 5.15 Å². The normalized spacial score (nSPS) is 21.4. The smallest absolute Gasteiger partial charge is 0.140 e. The molecule has 7 heteroatoms. The Kier molecular flexibility index (Phi) is 4.67. The van der Waals surface area contributed by atoms with Crippen LogP contribution in [0.4, 0.5) is 4.39 Å². The number of nitrogens with one attached hydrogen (secondary N) is 1. The minimum absolute atomic E-state index is 0.00414. The molecular formula is C23H26ClFN4O. The van der Waals surface area contributed by atoms with E-state index in [-0.39, 0.29) is 11.6 Å². The van der Waals surface area contributed by atoms with E-state index in [4.69, 9.17) is 15.7 Å². The number of aliphatic hydroxyl groups is 1. The van der Waals surface area contributed by atoms with E-state index < -0.39 is 18.3 Å². The second kappa shape index (κ2) is 8.07. The van der Waals surface area contributed by atoms with Crippen molar-refractivity contribution >= 4 is 22.5 Å². The number of fused-ring (bicyclic) bond motifs is 1. The minimum Gasteiger partial charge on any atom is -0.378 e. The maximum atomic E-state index is 15.1. The van der Waals surface area contributed by atoms with Crippen molar-refractivity contribution in [3.8, 4) is 23.0 Å². The number of benzene rings is 1. The predicted molar refractivity (Wildman–Crippen MR) is 118 cm³/mol. The number of nitrogens with zero attached hydrogens (tertiary/aromatic N) is 3. The Morgan fingerprint density at radius 3 is 3.00 bits per heavy atom. The van der Waals surface area contributed by atoms with Crippen LogP contribution in [0.25, 0.3) is 22.0 Å². The molecule has 1 aliphatic heterocycles. The quantitative estimate of drug-likeness (QED) is 0.596. The summed E-state index contributed by atoms with van der Waals surface area (Å²) in [5, 5.41) is 18.0. The highest BCUT2D eigenvalue weighted by Gasteiger charge is 2.24. The molecule has 2 aromatic heterocycles. The van der Waals surface area contributed by atoms with Gasteiger partial charge in [-0.25, -0.2) is 4.39 Å². The van der Waals surface area contributed by atoms with Gasteiger partial charge in [0.25, 0.3) is 0 Å². The Morgan fingerprint density at radius 2 is 2.30 bits per heavy atom. The highest BCUT2D eigenvalue weighted by atomic mass is 35.5. The number of hydrogen-bond donors (Lipinski definition) is 2. The molecule has 158 valence electrons. The molecular weight excluding hydrogens is 403 g/mol. The van der Waals surface area contributed by atoms with E-state index in [0.717, 1.165) is 50.3 Å². The highest BCUT2D eigenvalue weighted by Crippen LogP contribution is 2.38. The lowest BCUT2D eigenvalue weighted by Gasteiger charge is -2.33. The monoisotopic (exact) mass is 431 g/mol. The zero-order valence-electron chi connectivity index (χ0n) is 20.0. The summed E-state index contributed by atoms with van der Waals surface area (Å²) < 4.78 is 39.5. The molecule has 3 aromatic rings. The van der Waals surface area contributed by atoms with Gasteiger partial charge in [0, 0.05) is 39.4 Å². The molecule has 1 fully saturated rings. The Labute approximate surface area is 185 Å². The van der Waals surface area contributed by atoms with Crippen molar-refractivity contribution in [2.24, 2.45) is 0 Å². The van der Waals surface area contributed by atoms with Gasteiger partial charge in [0.15, 0.2) is 0 Å². The molecule has 0 radical (unpaired) electrons. The number of H-pyrrole nitrogens is 1. The van der Waals surface area contributed by atoms with E-state index in [2.05, 4.69) is 38.4 Å². The molecule has 0 bridgehead atoms. The van der Waals surface area contributed by atoms with Crippen molar-refractivity contribution in [3.63, 3.8) is 0 Å². The number of hydrogen-bond acceptors (Lipinski definition) is 3. The summed E-state index contributed by atoms with van der Waals surface area (Å²) in [7, 11) is 0. The zero-order valence-corrected chi connectivity index (χ0v) is 17.7. The molecule has 2 N–H and O–H groups in total. The summed E-state index contributed by atoms with van der Waals surface area (Å²) >= 11 is 6.32. The van der Waals surface area contributed by atoms with Crippen molar-refractivity contribution in [1.29, 1.82) is 0 Å². The second-order valence-corrected chi connectivity index (χ2v) is 8.29. The van der Waals surface area contributed by atoms with Crippen LogP contribution in [0.15, 0.2) is 24.5 Å². The van der Waals surface area contributed by atoms with Gasteiger partial charge in [0.2, 0.25) is 0 Å². The molecule has 2 unspecified atom stereocenters. The number of halogens is 2. The van der Waals surface area contributed by atoms with Crippen molar-refractivity contribution in [3.05, 3.63) is 41.1 Å². The molecule has 0 saturated carbocycles. The van der Waals surface area contributed by atoms with Gasteiger partial charge in [-0.2, -0.15) is 5.10 Å². The average molecular weight is 432 g/mol. The summed E-state index contributed by atoms with van der Waals surface area (Å²) in [6.45, 7) is 3.37. The number of likely N-dealkylation sites (tertiary alicyclic amines) is 1. The molecule has 0 spiro atoms. The van der Waals surface area contributed by atoms with Gasteiger partial charge in [0.05, 0.1) is 17.3 Å². The SMILES string of the molecule is [2H]C([2H])([2H])C(C)(O)C#Cc1cc2c(-c3cn[nH]c3Cl)cn(C3CCCN(CC)C3)c2cc1F. The fourth-order valence-electron chi connectivity index (χ4n) is 4.08. The number of rotatable bonds is 3. The van der Waals surface area contributed by atoms with E-state index in [1.54, 1.807) is 12.3 Å². The third kappa shape index (κ3) is 4.11. The summed E-state index contributed by atoms with van der Waals surface area (Å²) in [5.41, 5.74) is -0.0881. The summed E-state index contributed by atoms with van der Waals surface area (Å²) in [6, 6.07) is 3.18. The first-order chi connectivity index (χ1) is 15.5. The molecule has 5 nitrogen and oxygen atoms in total. The van der Waals surface area contributed by atoms with Gasteiger partial charge >= 0.3 is 0 Å². The standard InChI is InChI=1S/C23H26ClFN4O/c1-4-28-9-5-6-16(13-28)29-14-19(18-12-26-27-22(18)24)17-10-15(7-8-23(2,3)30)20(25)11-21(17)29/h10-12,14,16,30H,4-6,9,13H2,1-3H3,(H,26,27)/i2D3. The van der Waals surface area contributed by atoms with Crippen LogP contribution in [0.3, 0.4) is 0 Å². The second-order valence-electron chi connectivity index (χ2n) is 7.91. The van der Waals surface area contributed by atoms with Crippen molar-refractivity contribution in [1.82, 2.24) is 19.7 Å². The number of likely N-dealkylation sites (N-methyl/N-ethyl adjacent to an activating group) is 1. The summed E-state index contributed by atoms with van der Waals surface area (Å²) in [5.74, 6) is 4.27. The van der Waals surface area contributed by atoms with Gasteiger partial charge in [-0.1, -0.05) is 30.4 Å². The van der Waals surface area contributed by atoms with Gasteiger partial charge in [-0.15, -0.1) is 0 Å². The maximum Gasteiger partial charge on any atom is 0.140 e. The maximum absolute atomic E-state index is 15.1. The Hall–Kier alpha value is -2.33. The average Bonchev–Trinajstić information content (AvgIpc) is 3.34. The summed E-state index contributed by atoms with van der Waals surface area (Å²) in [6.07, 6.45) is 5.62. The number of aromatic amines is 1. The molecule has 4 rings (SSSR count). The molecule has 1 saturated heterocycles. The van der Waals surface area contributed by atoms with Crippen LogP contribution in [0, 0.1) is 17.7 Å². The Balaban J connectivity index is 1.88. The fourth-order valence-corrected chi connectivity index (χ4v) is 4.27. The van der Waals surface area contributed by atoms with Gasteiger partial charge in [-0.3, -0.25) is 5.10 Å². The lowest BCUT2D eigenvalue weighted by molar-refractivity contribution is 0.143. The van der Waals surface area contributed by atoms with Crippen LogP contribution in [-0.4, -0.2) is 50.0 Å². The zero-order chi connectivity index (χ0) is 24.0. The van der Waals surface area contributed by atoms with E-state index in [0.29, 0.717) is 16.2 Å². The first kappa shape index (κ1) is 17.4.